The van der Waals surface area contributed by atoms with Crippen molar-refractivity contribution in [2.24, 2.45) is 5.14 Å². The van der Waals surface area contributed by atoms with Crippen LogP contribution in [-0.4, -0.2) is 30.6 Å². The van der Waals surface area contributed by atoms with Gasteiger partial charge in [0.25, 0.3) is 5.91 Å². The molecule has 104 valence electrons. The summed E-state index contributed by atoms with van der Waals surface area (Å²) in [7, 11) is -3.95. The largest absolute Gasteiger partial charge is 0.348 e. The van der Waals surface area contributed by atoms with Crippen molar-refractivity contribution in [3.8, 4) is 0 Å². The van der Waals surface area contributed by atoms with Crippen LogP contribution in [0.2, 0.25) is 0 Å². The third-order valence-electron chi connectivity index (χ3n) is 3.67. The van der Waals surface area contributed by atoms with E-state index in [9.17, 15) is 13.2 Å². The van der Waals surface area contributed by atoms with Gasteiger partial charge >= 0.3 is 0 Å². The maximum atomic E-state index is 12.1. The number of aromatic nitrogens is 2. The van der Waals surface area contributed by atoms with Crippen LogP contribution in [0.4, 0.5) is 0 Å². The number of hydrogen-bond donors (Lipinski definition) is 3. The lowest BCUT2D eigenvalue weighted by molar-refractivity contribution is 0.0908. The van der Waals surface area contributed by atoms with Gasteiger partial charge in [0, 0.05) is 12.0 Å². The minimum absolute atomic E-state index is 0.101. The molecule has 2 saturated carbocycles. The average molecular weight is 284 g/mol. The van der Waals surface area contributed by atoms with Gasteiger partial charge in [-0.1, -0.05) is 0 Å². The third-order valence-corrected chi connectivity index (χ3v) is 4.66. The molecule has 0 aliphatic heterocycles. The van der Waals surface area contributed by atoms with Crippen LogP contribution in [0, 0.1) is 0 Å². The van der Waals surface area contributed by atoms with Crippen molar-refractivity contribution in [2.45, 2.75) is 49.0 Å². The van der Waals surface area contributed by atoms with Gasteiger partial charge in [-0.3, -0.25) is 9.89 Å². The van der Waals surface area contributed by atoms with E-state index in [-0.39, 0.29) is 22.5 Å². The summed E-state index contributed by atoms with van der Waals surface area (Å²) >= 11 is 0. The SMILES string of the molecule is NS(=O)(=O)c1c(C(=O)NC2CCC2)n[nH]c1C1CC1. The Bertz CT molecular complexity index is 614. The van der Waals surface area contributed by atoms with Crippen LogP contribution in [0.3, 0.4) is 0 Å². The molecular formula is C11H16N4O3S. The molecule has 2 aliphatic rings. The van der Waals surface area contributed by atoms with Gasteiger partial charge < -0.3 is 5.32 Å². The van der Waals surface area contributed by atoms with E-state index in [4.69, 9.17) is 5.14 Å². The molecule has 0 radical (unpaired) electrons. The summed E-state index contributed by atoms with van der Waals surface area (Å²) in [6, 6.07) is 0.127. The number of amides is 1. The molecule has 8 heteroatoms. The number of aromatic amines is 1. The minimum Gasteiger partial charge on any atom is -0.348 e. The predicted molar refractivity (Wildman–Crippen MR) is 67.0 cm³/mol. The number of nitrogens with one attached hydrogen (secondary N) is 2. The molecule has 1 amide bonds. The number of nitrogens with zero attached hydrogens (tertiary/aromatic N) is 1. The molecule has 3 rings (SSSR count). The Morgan fingerprint density at radius 1 is 1.32 bits per heavy atom. The highest BCUT2D eigenvalue weighted by molar-refractivity contribution is 7.89. The summed E-state index contributed by atoms with van der Waals surface area (Å²) in [6.07, 6.45) is 4.73. The van der Waals surface area contributed by atoms with Crippen molar-refractivity contribution in [3.05, 3.63) is 11.4 Å². The van der Waals surface area contributed by atoms with E-state index in [0.717, 1.165) is 32.1 Å². The normalized spacial score (nSPS) is 20.1. The van der Waals surface area contributed by atoms with Gasteiger partial charge in [-0.05, 0) is 32.1 Å². The third kappa shape index (κ3) is 2.37. The number of carbonyl (C=O) groups is 1. The Kier molecular flexibility index (Phi) is 2.86. The zero-order chi connectivity index (χ0) is 13.6. The standard InChI is InChI=1S/C11H16N4O3S/c12-19(17,18)10-8(6-4-5-6)14-15-9(10)11(16)13-7-2-1-3-7/h6-7H,1-5H2,(H,13,16)(H,14,15)(H2,12,17,18). The van der Waals surface area contributed by atoms with Gasteiger partial charge in [-0.25, -0.2) is 13.6 Å². The molecular weight excluding hydrogens is 268 g/mol. The Morgan fingerprint density at radius 2 is 2.00 bits per heavy atom. The summed E-state index contributed by atoms with van der Waals surface area (Å²) in [5, 5.41) is 14.5. The minimum atomic E-state index is -3.95. The van der Waals surface area contributed by atoms with Crippen LogP contribution >= 0.6 is 0 Å². The molecule has 19 heavy (non-hydrogen) atoms. The first kappa shape index (κ1) is 12.6. The van der Waals surface area contributed by atoms with Crippen LogP contribution in [0.5, 0.6) is 0 Å². The number of hydrogen-bond acceptors (Lipinski definition) is 4. The van der Waals surface area contributed by atoms with Gasteiger partial charge in [-0.15, -0.1) is 0 Å². The number of carbonyl (C=O) groups excluding carboxylic acids is 1. The van der Waals surface area contributed by atoms with Crippen LogP contribution in [0.25, 0.3) is 0 Å². The summed E-state index contributed by atoms with van der Waals surface area (Å²) in [6.45, 7) is 0. The molecule has 0 unspecified atom stereocenters. The van der Waals surface area contributed by atoms with E-state index in [0.29, 0.717) is 5.69 Å². The molecule has 7 nitrogen and oxygen atoms in total. The molecule has 0 bridgehead atoms. The van der Waals surface area contributed by atoms with Crippen LogP contribution < -0.4 is 10.5 Å². The second-order valence-electron chi connectivity index (χ2n) is 5.24. The smallest absolute Gasteiger partial charge is 0.273 e. The van der Waals surface area contributed by atoms with Crippen molar-refractivity contribution in [1.29, 1.82) is 0 Å². The highest BCUT2D eigenvalue weighted by Crippen LogP contribution is 2.42. The van der Waals surface area contributed by atoms with Gasteiger partial charge in [0.15, 0.2) is 5.69 Å². The molecule has 0 saturated heterocycles. The monoisotopic (exact) mass is 284 g/mol. The van der Waals surface area contributed by atoms with Crippen molar-refractivity contribution in [2.75, 3.05) is 0 Å². The molecule has 2 fully saturated rings. The van der Waals surface area contributed by atoms with Gasteiger partial charge in [0.05, 0.1) is 5.69 Å². The molecule has 4 N–H and O–H groups in total. The number of nitrogens with two attached hydrogens (primary N) is 1. The average Bonchev–Trinajstić information content (AvgIpc) is 3.00. The molecule has 0 spiro atoms. The summed E-state index contributed by atoms with van der Waals surface area (Å²) < 4.78 is 23.4. The highest BCUT2D eigenvalue weighted by Gasteiger charge is 2.36. The molecule has 0 atom stereocenters. The van der Waals surface area contributed by atoms with Crippen molar-refractivity contribution >= 4 is 15.9 Å². The summed E-state index contributed by atoms with van der Waals surface area (Å²) in [5.74, 6) is -0.331. The van der Waals surface area contributed by atoms with Crippen LogP contribution in [-0.2, 0) is 10.0 Å². The van der Waals surface area contributed by atoms with Crippen LogP contribution in [0.1, 0.15) is 54.2 Å². The first-order valence-corrected chi connectivity index (χ1v) is 7.93. The van der Waals surface area contributed by atoms with E-state index in [1.54, 1.807) is 0 Å². The number of sulfonamides is 1. The maximum Gasteiger partial charge on any atom is 0.273 e. The Morgan fingerprint density at radius 3 is 2.47 bits per heavy atom. The van der Waals surface area contributed by atoms with Gasteiger partial charge in [0.2, 0.25) is 10.0 Å². The number of H-pyrrole nitrogens is 1. The summed E-state index contributed by atoms with van der Waals surface area (Å²) in [5.41, 5.74) is 0.373. The molecule has 1 heterocycles. The zero-order valence-corrected chi connectivity index (χ0v) is 11.2. The van der Waals surface area contributed by atoms with Gasteiger partial charge in [0.1, 0.15) is 4.90 Å². The Hall–Kier alpha value is -1.41. The number of rotatable bonds is 4. The molecule has 2 aliphatic carbocycles. The second kappa shape index (κ2) is 4.31. The zero-order valence-electron chi connectivity index (χ0n) is 10.3. The van der Waals surface area contributed by atoms with Gasteiger partial charge in [-0.2, -0.15) is 5.10 Å². The van der Waals surface area contributed by atoms with E-state index in [2.05, 4.69) is 15.5 Å². The second-order valence-corrected chi connectivity index (χ2v) is 6.73. The lowest BCUT2D eigenvalue weighted by Gasteiger charge is -2.25. The predicted octanol–water partition coefficient (Wildman–Crippen LogP) is 0.217. The molecule has 1 aromatic rings. The Balaban J connectivity index is 1.93. The Labute approximate surface area is 111 Å². The fourth-order valence-corrected chi connectivity index (χ4v) is 3.17. The lowest BCUT2D eigenvalue weighted by atomic mass is 9.93. The quantitative estimate of drug-likeness (QED) is 0.732. The van der Waals surface area contributed by atoms with E-state index in [1.165, 1.54) is 0 Å². The topological polar surface area (TPSA) is 118 Å². The summed E-state index contributed by atoms with van der Waals surface area (Å²) in [4.78, 5) is 11.9. The fraction of sp³-hybridized carbons (Fsp3) is 0.636. The lowest BCUT2D eigenvalue weighted by Crippen LogP contribution is -2.40. The highest BCUT2D eigenvalue weighted by atomic mass is 32.2. The first-order valence-electron chi connectivity index (χ1n) is 6.38. The van der Waals surface area contributed by atoms with Crippen molar-refractivity contribution < 1.29 is 13.2 Å². The molecule has 0 aromatic carbocycles. The van der Waals surface area contributed by atoms with E-state index < -0.39 is 15.9 Å². The van der Waals surface area contributed by atoms with E-state index in [1.807, 2.05) is 0 Å². The van der Waals surface area contributed by atoms with Crippen molar-refractivity contribution in [3.63, 3.8) is 0 Å². The van der Waals surface area contributed by atoms with E-state index >= 15 is 0 Å². The first-order chi connectivity index (χ1) is 8.97. The maximum absolute atomic E-state index is 12.1. The van der Waals surface area contributed by atoms with Crippen LogP contribution in [0.15, 0.2) is 4.90 Å². The van der Waals surface area contributed by atoms with Crippen molar-refractivity contribution in [1.82, 2.24) is 15.5 Å². The molecule has 1 aromatic heterocycles. The number of primary sulfonamides is 1. The fourth-order valence-electron chi connectivity index (χ4n) is 2.24.